The fraction of sp³-hybridized carbons (Fsp3) is 0.350. The normalized spacial score (nSPS) is 14.3. The van der Waals surface area contributed by atoms with Crippen LogP contribution in [0.2, 0.25) is 0 Å². The summed E-state index contributed by atoms with van der Waals surface area (Å²) < 4.78 is 5.72. The molecule has 28 heavy (non-hydrogen) atoms. The molecule has 1 aliphatic rings. The fourth-order valence-electron chi connectivity index (χ4n) is 3.23. The van der Waals surface area contributed by atoms with Crippen molar-refractivity contribution in [3.63, 3.8) is 0 Å². The average Bonchev–Trinajstić information content (AvgIpc) is 3.22. The number of aryl methyl sites for hydroxylation is 2. The molecule has 8 heteroatoms. The fourth-order valence-corrected chi connectivity index (χ4v) is 3.23. The van der Waals surface area contributed by atoms with Gasteiger partial charge in [0.2, 0.25) is 23.6 Å². The Bertz CT molecular complexity index is 935. The highest BCUT2D eigenvalue weighted by molar-refractivity contribution is 5.76. The molecule has 144 valence electrons. The van der Waals surface area contributed by atoms with Crippen molar-refractivity contribution >= 4 is 11.9 Å². The van der Waals surface area contributed by atoms with Crippen LogP contribution in [0.15, 0.2) is 47.1 Å². The number of hydrogen-bond acceptors (Lipinski definition) is 7. The third kappa shape index (κ3) is 4.16. The molecule has 1 fully saturated rings. The van der Waals surface area contributed by atoms with Crippen molar-refractivity contribution in [3.8, 4) is 11.5 Å². The standard InChI is InChI=1S/C20H22N6O2/c1-15-4-2-5-16(14-15)19-24-23-17(28-19)6-7-18(27)25-10-12-26(13-11-25)20-21-8-3-9-22-20/h2-5,8-9,14H,6-7,10-13H2,1H3. The molecule has 1 aliphatic heterocycles. The Kier molecular flexibility index (Phi) is 5.27. The predicted octanol–water partition coefficient (Wildman–Crippen LogP) is 2.12. The van der Waals surface area contributed by atoms with Crippen molar-refractivity contribution in [1.29, 1.82) is 0 Å². The lowest BCUT2D eigenvalue weighted by molar-refractivity contribution is -0.131. The summed E-state index contributed by atoms with van der Waals surface area (Å²) in [6.07, 6.45) is 4.27. The summed E-state index contributed by atoms with van der Waals surface area (Å²) in [5.74, 6) is 1.79. The number of anilines is 1. The molecule has 8 nitrogen and oxygen atoms in total. The Balaban J connectivity index is 1.28. The van der Waals surface area contributed by atoms with Crippen LogP contribution in [0.25, 0.3) is 11.5 Å². The number of benzene rings is 1. The third-order valence-corrected chi connectivity index (χ3v) is 4.75. The summed E-state index contributed by atoms with van der Waals surface area (Å²) in [4.78, 5) is 25.0. The lowest BCUT2D eigenvalue weighted by atomic mass is 10.1. The van der Waals surface area contributed by atoms with Crippen LogP contribution in [0.1, 0.15) is 17.9 Å². The quantitative estimate of drug-likeness (QED) is 0.672. The van der Waals surface area contributed by atoms with Crippen molar-refractivity contribution in [1.82, 2.24) is 25.1 Å². The number of aromatic nitrogens is 4. The highest BCUT2D eigenvalue weighted by atomic mass is 16.4. The summed E-state index contributed by atoms with van der Waals surface area (Å²) in [7, 11) is 0. The van der Waals surface area contributed by atoms with E-state index in [-0.39, 0.29) is 5.91 Å². The SMILES string of the molecule is Cc1cccc(-c2nnc(CCC(=O)N3CCN(c4ncccn4)CC3)o2)c1. The lowest BCUT2D eigenvalue weighted by Gasteiger charge is -2.34. The molecule has 2 aromatic heterocycles. The first kappa shape index (κ1) is 18.1. The van der Waals surface area contributed by atoms with Gasteiger partial charge in [-0.15, -0.1) is 10.2 Å². The van der Waals surface area contributed by atoms with Crippen molar-refractivity contribution in [2.75, 3.05) is 31.1 Å². The Morgan fingerprint density at radius 2 is 1.86 bits per heavy atom. The number of piperazine rings is 1. The molecule has 0 spiro atoms. The van der Waals surface area contributed by atoms with Gasteiger partial charge in [-0.1, -0.05) is 17.7 Å². The third-order valence-electron chi connectivity index (χ3n) is 4.75. The molecule has 3 aromatic rings. The van der Waals surface area contributed by atoms with Crippen LogP contribution < -0.4 is 4.90 Å². The van der Waals surface area contributed by atoms with Crippen molar-refractivity contribution in [2.24, 2.45) is 0 Å². The summed E-state index contributed by atoms with van der Waals surface area (Å²) in [5.41, 5.74) is 2.02. The highest BCUT2D eigenvalue weighted by Gasteiger charge is 2.22. The first-order valence-corrected chi connectivity index (χ1v) is 9.38. The zero-order valence-electron chi connectivity index (χ0n) is 15.8. The van der Waals surface area contributed by atoms with Crippen LogP contribution in [-0.2, 0) is 11.2 Å². The van der Waals surface area contributed by atoms with E-state index in [0.717, 1.165) is 24.2 Å². The van der Waals surface area contributed by atoms with Crippen LogP contribution in [0.3, 0.4) is 0 Å². The van der Waals surface area contributed by atoms with Gasteiger partial charge in [0.25, 0.3) is 0 Å². The number of nitrogens with zero attached hydrogens (tertiary/aromatic N) is 6. The first-order valence-electron chi connectivity index (χ1n) is 9.38. The van der Waals surface area contributed by atoms with Crippen LogP contribution >= 0.6 is 0 Å². The Hall–Kier alpha value is -3.29. The minimum Gasteiger partial charge on any atom is -0.421 e. The van der Waals surface area contributed by atoms with E-state index in [4.69, 9.17) is 4.42 Å². The minimum absolute atomic E-state index is 0.101. The lowest BCUT2D eigenvalue weighted by Crippen LogP contribution is -2.49. The van der Waals surface area contributed by atoms with E-state index in [1.807, 2.05) is 36.1 Å². The van der Waals surface area contributed by atoms with Gasteiger partial charge in [-0.3, -0.25) is 4.79 Å². The second-order valence-corrected chi connectivity index (χ2v) is 6.79. The second kappa shape index (κ2) is 8.16. The smallest absolute Gasteiger partial charge is 0.247 e. The molecule has 1 aromatic carbocycles. The van der Waals surface area contributed by atoms with Gasteiger partial charge in [0.1, 0.15) is 0 Å². The first-order chi connectivity index (χ1) is 13.7. The van der Waals surface area contributed by atoms with Gasteiger partial charge >= 0.3 is 0 Å². The van der Waals surface area contributed by atoms with E-state index >= 15 is 0 Å². The van der Waals surface area contributed by atoms with E-state index in [1.54, 1.807) is 18.5 Å². The zero-order valence-corrected chi connectivity index (χ0v) is 15.8. The molecule has 1 saturated heterocycles. The van der Waals surface area contributed by atoms with Crippen LogP contribution in [-0.4, -0.2) is 57.2 Å². The van der Waals surface area contributed by atoms with Crippen molar-refractivity contribution in [2.45, 2.75) is 19.8 Å². The van der Waals surface area contributed by atoms with Gasteiger partial charge in [0, 0.05) is 57.0 Å². The van der Waals surface area contributed by atoms with Gasteiger partial charge in [0.15, 0.2) is 0 Å². The van der Waals surface area contributed by atoms with Crippen molar-refractivity contribution < 1.29 is 9.21 Å². The predicted molar refractivity (Wildman–Crippen MR) is 104 cm³/mol. The van der Waals surface area contributed by atoms with Gasteiger partial charge < -0.3 is 14.2 Å². The molecular formula is C20H22N6O2. The molecule has 4 rings (SSSR count). The number of carbonyl (C=O) groups is 1. The van der Waals surface area contributed by atoms with E-state index in [0.29, 0.717) is 43.7 Å². The van der Waals surface area contributed by atoms with E-state index in [1.165, 1.54) is 0 Å². The molecule has 1 amide bonds. The maximum atomic E-state index is 12.5. The Morgan fingerprint density at radius 3 is 2.61 bits per heavy atom. The van der Waals surface area contributed by atoms with Gasteiger partial charge in [-0.05, 0) is 25.1 Å². The number of hydrogen-bond donors (Lipinski definition) is 0. The maximum Gasteiger partial charge on any atom is 0.247 e. The molecule has 3 heterocycles. The van der Waals surface area contributed by atoms with E-state index in [9.17, 15) is 4.79 Å². The Labute approximate surface area is 163 Å². The largest absolute Gasteiger partial charge is 0.421 e. The summed E-state index contributed by atoms with van der Waals surface area (Å²) >= 11 is 0. The zero-order chi connectivity index (χ0) is 19.3. The second-order valence-electron chi connectivity index (χ2n) is 6.79. The van der Waals surface area contributed by atoms with Gasteiger partial charge in [-0.2, -0.15) is 0 Å². The van der Waals surface area contributed by atoms with E-state index in [2.05, 4.69) is 25.1 Å². The summed E-state index contributed by atoms with van der Waals surface area (Å²) in [6.45, 7) is 4.80. The molecule has 0 radical (unpaired) electrons. The van der Waals surface area contributed by atoms with Crippen LogP contribution in [0.5, 0.6) is 0 Å². The average molecular weight is 378 g/mol. The topological polar surface area (TPSA) is 88.3 Å². The van der Waals surface area contributed by atoms with Gasteiger partial charge in [0.05, 0.1) is 0 Å². The Morgan fingerprint density at radius 1 is 1.07 bits per heavy atom. The van der Waals surface area contributed by atoms with Crippen LogP contribution in [0.4, 0.5) is 5.95 Å². The highest BCUT2D eigenvalue weighted by Crippen LogP contribution is 2.19. The summed E-state index contributed by atoms with van der Waals surface area (Å²) in [6, 6.07) is 9.70. The van der Waals surface area contributed by atoms with E-state index < -0.39 is 0 Å². The maximum absolute atomic E-state index is 12.5. The molecule has 0 saturated carbocycles. The van der Waals surface area contributed by atoms with Gasteiger partial charge in [-0.25, -0.2) is 9.97 Å². The minimum atomic E-state index is 0.101. The molecular weight excluding hydrogens is 356 g/mol. The molecule has 0 bridgehead atoms. The van der Waals surface area contributed by atoms with Crippen molar-refractivity contribution in [3.05, 3.63) is 54.2 Å². The summed E-state index contributed by atoms with van der Waals surface area (Å²) in [5, 5.41) is 8.18. The molecule has 0 N–H and O–H groups in total. The molecule has 0 unspecified atom stereocenters. The monoisotopic (exact) mass is 378 g/mol. The molecule has 0 aliphatic carbocycles. The number of rotatable bonds is 5. The molecule has 0 atom stereocenters. The number of amides is 1. The number of carbonyl (C=O) groups excluding carboxylic acids is 1. The van der Waals surface area contributed by atoms with Crippen LogP contribution in [0, 0.1) is 6.92 Å².